The van der Waals surface area contributed by atoms with Gasteiger partial charge in [0, 0.05) is 0 Å². The second kappa shape index (κ2) is 11.2. The summed E-state index contributed by atoms with van der Waals surface area (Å²) in [5.74, 6) is -0.155. The second-order valence-electron chi connectivity index (χ2n) is 8.32. The van der Waals surface area contributed by atoms with Crippen molar-refractivity contribution in [1.82, 2.24) is 5.32 Å². The molecule has 1 N–H and O–H groups in total. The number of sulfonamides is 1. The molecule has 8 heteroatoms. The Bertz CT molecular complexity index is 1180. The van der Waals surface area contributed by atoms with Gasteiger partial charge in [-0.3, -0.25) is 9.10 Å². The van der Waals surface area contributed by atoms with E-state index in [-0.39, 0.29) is 16.6 Å². The van der Waals surface area contributed by atoms with Crippen molar-refractivity contribution < 1.29 is 22.3 Å². The zero-order chi connectivity index (χ0) is 24.7. The van der Waals surface area contributed by atoms with Crippen LogP contribution in [0.5, 0.6) is 5.75 Å². The number of hydrogen-bond donors (Lipinski definition) is 1. The molecule has 0 aliphatic rings. The van der Waals surface area contributed by atoms with Crippen molar-refractivity contribution in [1.29, 1.82) is 0 Å². The minimum Gasteiger partial charge on any atom is -0.497 e. The van der Waals surface area contributed by atoms with Crippen LogP contribution < -0.4 is 14.4 Å². The molecule has 1 amide bonds. The van der Waals surface area contributed by atoms with Gasteiger partial charge in [0.05, 0.1) is 23.7 Å². The largest absolute Gasteiger partial charge is 0.497 e. The normalized spacial score (nSPS) is 12.3. The summed E-state index contributed by atoms with van der Waals surface area (Å²) < 4.78 is 46.6. The van der Waals surface area contributed by atoms with Crippen molar-refractivity contribution in [3.63, 3.8) is 0 Å². The lowest BCUT2D eigenvalue weighted by Crippen LogP contribution is -2.42. The smallest absolute Gasteiger partial charge is 0.264 e. The summed E-state index contributed by atoms with van der Waals surface area (Å²) in [5, 5.41) is 2.98. The highest BCUT2D eigenvalue weighted by atomic mass is 32.2. The molecular weight excluding hydrogens is 455 g/mol. The van der Waals surface area contributed by atoms with Gasteiger partial charge < -0.3 is 10.1 Å². The lowest BCUT2D eigenvalue weighted by molar-refractivity contribution is -0.120. The number of ether oxygens (including phenoxy) is 1. The minimum atomic E-state index is -4.12. The molecule has 1 atom stereocenters. The van der Waals surface area contributed by atoms with Gasteiger partial charge in [0.25, 0.3) is 10.0 Å². The number of carbonyl (C=O) groups excluding carboxylic acids is 1. The Kier molecular flexibility index (Phi) is 8.28. The number of hydrogen-bond acceptors (Lipinski definition) is 4. The number of halogens is 1. The van der Waals surface area contributed by atoms with Crippen LogP contribution in [0.2, 0.25) is 0 Å². The predicted molar refractivity (Wildman–Crippen MR) is 131 cm³/mol. The van der Waals surface area contributed by atoms with E-state index >= 15 is 0 Å². The van der Waals surface area contributed by atoms with Gasteiger partial charge in [0.1, 0.15) is 18.1 Å². The standard InChI is InChI=1S/C26H29FN2O4S/c1-19(2)17-25(20-7-5-4-6-8-20)28-26(30)18-29(22-11-9-21(27)10-12-22)34(31,32)24-15-13-23(33-3)14-16-24/h4-16,19,25H,17-18H2,1-3H3,(H,28,30)/t25-/m0/s1. The van der Waals surface area contributed by atoms with Crippen LogP contribution in [0.25, 0.3) is 0 Å². The lowest BCUT2D eigenvalue weighted by Gasteiger charge is -2.26. The number of rotatable bonds is 10. The number of nitrogens with one attached hydrogen (secondary N) is 1. The fourth-order valence-corrected chi connectivity index (χ4v) is 5.02. The van der Waals surface area contributed by atoms with Gasteiger partial charge in [-0.2, -0.15) is 0 Å². The van der Waals surface area contributed by atoms with Crippen molar-refractivity contribution >= 4 is 21.6 Å². The fourth-order valence-electron chi connectivity index (χ4n) is 3.60. The summed E-state index contributed by atoms with van der Waals surface area (Å²) in [6, 6.07) is 20.2. The van der Waals surface area contributed by atoms with Crippen LogP contribution in [0.4, 0.5) is 10.1 Å². The van der Waals surface area contributed by atoms with Crippen LogP contribution >= 0.6 is 0 Å². The first-order valence-corrected chi connectivity index (χ1v) is 12.4. The van der Waals surface area contributed by atoms with Gasteiger partial charge in [-0.25, -0.2) is 12.8 Å². The van der Waals surface area contributed by atoms with Gasteiger partial charge in [0.15, 0.2) is 0 Å². The third kappa shape index (κ3) is 6.35. The Balaban J connectivity index is 1.91. The average molecular weight is 485 g/mol. The summed E-state index contributed by atoms with van der Waals surface area (Å²) in [4.78, 5) is 13.1. The first kappa shape index (κ1) is 25.2. The summed E-state index contributed by atoms with van der Waals surface area (Å²) in [6.45, 7) is 3.66. The fraction of sp³-hybridized carbons (Fsp3) is 0.269. The maximum atomic E-state index is 13.5. The Hall–Kier alpha value is -3.39. The Morgan fingerprint density at radius 3 is 2.15 bits per heavy atom. The van der Waals surface area contributed by atoms with Crippen LogP contribution in [0.15, 0.2) is 83.8 Å². The molecule has 3 aromatic rings. The molecule has 3 aromatic carbocycles. The predicted octanol–water partition coefficient (Wildman–Crippen LogP) is 4.93. The van der Waals surface area contributed by atoms with Crippen LogP contribution in [-0.2, 0) is 14.8 Å². The SMILES string of the molecule is COc1ccc(S(=O)(=O)N(CC(=O)N[C@@H](CC(C)C)c2ccccc2)c2ccc(F)cc2)cc1. The van der Waals surface area contributed by atoms with Crippen LogP contribution in [0.3, 0.4) is 0 Å². The summed E-state index contributed by atoms with van der Waals surface area (Å²) in [7, 11) is -2.63. The Morgan fingerprint density at radius 1 is 0.971 bits per heavy atom. The molecule has 0 fully saturated rings. The van der Waals surface area contributed by atoms with E-state index in [1.807, 2.05) is 30.3 Å². The molecule has 0 radical (unpaired) electrons. The average Bonchev–Trinajstić information content (AvgIpc) is 2.83. The van der Waals surface area contributed by atoms with Crippen LogP contribution in [-0.4, -0.2) is 28.0 Å². The highest BCUT2D eigenvalue weighted by Gasteiger charge is 2.28. The van der Waals surface area contributed by atoms with Crippen LogP contribution in [0, 0.1) is 11.7 Å². The number of nitrogens with zero attached hydrogens (tertiary/aromatic N) is 1. The molecule has 34 heavy (non-hydrogen) atoms. The molecular formula is C26H29FN2O4S. The van der Waals surface area contributed by atoms with E-state index in [1.54, 1.807) is 0 Å². The maximum Gasteiger partial charge on any atom is 0.264 e. The lowest BCUT2D eigenvalue weighted by atomic mass is 9.97. The summed E-state index contributed by atoms with van der Waals surface area (Å²) >= 11 is 0. The van der Waals surface area contributed by atoms with E-state index < -0.39 is 28.3 Å². The molecule has 0 aliphatic carbocycles. The monoisotopic (exact) mass is 484 g/mol. The summed E-state index contributed by atoms with van der Waals surface area (Å²) in [6.07, 6.45) is 0.692. The molecule has 0 saturated heterocycles. The molecule has 180 valence electrons. The Labute approximate surface area is 200 Å². The third-order valence-corrected chi connectivity index (χ3v) is 7.08. The maximum absolute atomic E-state index is 13.5. The zero-order valence-corrected chi connectivity index (χ0v) is 20.3. The quantitative estimate of drug-likeness (QED) is 0.443. The van der Waals surface area contributed by atoms with Gasteiger partial charge in [-0.1, -0.05) is 44.2 Å². The molecule has 0 bridgehead atoms. The van der Waals surface area contributed by atoms with Gasteiger partial charge in [0.2, 0.25) is 5.91 Å². The first-order chi connectivity index (χ1) is 16.2. The third-order valence-electron chi connectivity index (χ3n) is 5.29. The van der Waals surface area contributed by atoms with E-state index in [4.69, 9.17) is 4.74 Å². The molecule has 0 aromatic heterocycles. The van der Waals surface area contributed by atoms with E-state index in [0.29, 0.717) is 18.1 Å². The zero-order valence-electron chi connectivity index (χ0n) is 19.4. The molecule has 0 unspecified atom stereocenters. The van der Waals surface area contributed by atoms with Crippen molar-refractivity contribution in [2.45, 2.75) is 31.2 Å². The molecule has 6 nitrogen and oxygen atoms in total. The molecule has 0 heterocycles. The number of anilines is 1. The number of benzene rings is 3. The van der Waals surface area contributed by atoms with E-state index in [2.05, 4.69) is 19.2 Å². The highest BCUT2D eigenvalue weighted by molar-refractivity contribution is 7.92. The minimum absolute atomic E-state index is 0.00721. The van der Waals surface area contributed by atoms with Gasteiger partial charge in [-0.15, -0.1) is 0 Å². The van der Waals surface area contributed by atoms with Crippen molar-refractivity contribution in [2.75, 3.05) is 18.0 Å². The van der Waals surface area contributed by atoms with Crippen molar-refractivity contribution in [2.24, 2.45) is 5.92 Å². The number of methoxy groups -OCH3 is 1. The molecule has 3 rings (SSSR count). The van der Waals surface area contributed by atoms with E-state index in [0.717, 1.165) is 22.0 Å². The second-order valence-corrected chi connectivity index (χ2v) is 10.2. The first-order valence-electron chi connectivity index (χ1n) is 11.0. The van der Waals surface area contributed by atoms with E-state index in [9.17, 15) is 17.6 Å². The molecule has 0 spiro atoms. The van der Waals surface area contributed by atoms with E-state index in [1.165, 1.54) is 43.5 Å². The van der Waals surface area contributed by atoms with Crippen LogP contribution in [0.1, 0.15) is 31.9 Å². The molecule has 0 saturated carbocycles. The highest BCUT2D eigenvalue weighted by Crippen LogP contribution is 2.26. The molecule has 0 aliphatic heterocycles. The van der Waals surface area contributed by atoms with Gasteiger partial charge >= 0.3 is 0 Å². The Morgan fingerprint density at radius 2 is 1.59 bits per heavy atom. The van der Waals surface area contributed by atoms with Gasteiger partial charge in [-0.05, 0) is 66.4 Å². The number of carbonyl (C=O) groups is 1. The number of amides is 1. The van der Waals surface area contributed by atoms with Crippen molar-refractivity contribution in [3.8, 4) is 5.75 Å². The van der Waals surface area contributed by atoms with Crippen molar-refractivity contribution in [3.05, 3.63) is 90.2 Å². The topological polar surface area (TPSA) is 75.7 Å². The summed E-state index contributed by atoms with van der Waals surface area (Å²) in [5.41, 5.74) is 1.13.